The van der Waals surface area contributed by atoms with E-state index in [1.807, 2.05) is 18.2 Å². The maximum Gasteiger partial charge on any atom is 0.267 e. The van der Waals surface area contributed by atoms with Gasteiger partial charge in [-0.15, -0.1) is 6.58 Å². The number of carbonyl (C=O) groups is 1. The molecule has 2 N–H and O–H groups in total. The number of para-hydroxylation sites is 1. The number of benzene rings is 1. The van der Waals surface area contributed by atoms with Crippen LogP contribution in [0, 0.1) is 5.41 Å². The summed E-state index contributed by atoms with van der Waals surface area (Å²) in [5, 5.41) is 11.6. The number of hydrogen-bond acceptors (Lipinski definition) is 4. The summed E-state index contributed by atoms with van der Waals surface area (Å²) < 4.78 is 2.94. The monoisotopic (exact) mass is 371 g/mol. The molecule has 0 radical (unpaired) electrons. The summed E-state index contributed by atoms with van der Waals surface area (Å²) in [7, 11) is 0. The van der Waals surface area contributed by atoms with Gasteiger partial charge in [-0.25, -0.2) is 4.98 Å². The molecule has 4 rings (SSSR count). The zero-order valence-corrected chi connectivity index (χ0v) is 14.9. The second kappa shape index (κ2) is 6.96. The Morgan fingerprint density at radius 1 is 1.18 bits per heavy atom. The Balaban J connectivity index is 2.15. The molecule has 0 aliphatic rings. The van der Waals surface area contributed by atoms with Crippen LogP contribution in [-0.2, 0) is 0 Å². The van der Waals surface area contributed by atoms with Crippen LogP contribution in [0.4, 0.5) is 0 Å². The van der Waals surface area contributed by atoms with E-state index in [0.29, 0.717) is 17.0 Å². The zero-order valence-electron chi connectivity index (χ0n) is 14.9. The van der Waals surface area contributed by atoms with Gasteiger partial charge < -0.3 is 5.32 Å². The topological polar surface area (TPSA) is 92.2 Å². The molecule has 138 valence electrons. The van der Waals surface area contributed by atoms with Crippen molar-refractivity contribution >= 4 is 22.6 Å². The molecule has 0 fully saturated rings. The van der Waals surface area contributed by atoms with Crippen molar-refractivity contribution in [3.8, 4) is 5.69 Å². The summed E-state index contributed by atoms with van der Waals surface area (Å²) in [6, 6.07) is 15.8. The summed E-state index contributed by atoms with van der Waals surface area (Å²) in [6.07, 6.45) is 3.18. The molecule has 0 bridgehead atoms. The summed E-state index contributed by atoms with van der Waals surface area (Å²) in [5.74, 6) is -0.450. The van der Waals surface area contributed by atoms with Crippen LogP contribution in [0.1, 0.15) is 10.4 Å². The fraction of sp³-hybridized carbons (Fsp3) is 0.0476. The van der Waals surface area contributed by atoms with Crippen molar-refractivity contribution in [2.45, 2.75) is 0 Å². The molecule has 3 heterocycles. The molecule has 0 aliphatic carbocycles. The number of pyridine rings is 2. The average Bonchev–Trinajstić information content (AvgIpc) is 2.72. The van der Waals surface area contributed by atoms with Gasteiger partial charge in [0.25, 0.3) is 11.5 Å². The summed E-state index contributed by atoms with van der Waals surface area (Å²) in [5.41, 5.74) is 1.17. The number of nitrogens with one attached hydrogen (secondary N) is 2. The van der Waals surface area contributed by atoms with E-state index in [4.69, 9.17) is 5.41 Å². The molecule has 1 aromatic carbocycles. The van der Waals surface area contributed by atoms with Crippen LogP contribution in [0.5, 0.6) is 0 Å². The molecule has 4 aromatic rings. The van der Waals surface area contributed by atoms with Crippen LogP contribution >= 0.6 is 0 Å². The second-order valence-electron chi connectivity index (χ2n) is 6.16. The van der Waals surface area contributed by atoms with Crippen molar-refractivity contribution in [3.63, 3.8) is 0 Å². The van der Waals surface area contributed by atoms with Gasteiger partial charge in [0.1, 0.15) is 11.1 Å². The third kappa shape index (κ3) is 2.79. The van der Waals surface area contributed by atoms with Crippen LogP contribution in [0.25, 0.3) is 22.4 Å². The minimum Gasteiger partial charge on any atom is -0.348 e. The van der Waals surface area contributed by atoms with Crippen molar-refractivity contribution < 1.29 is 4.79 Å². The fourth-order valence-corrected chi connectivity index (χ4v) is 3.09. The van der Waals surface area contributed by atoms with Gasteiger partial charge in [-0.2, -0.15) is 0 Å². The molecule has 28 heavy (non-hydrogen) atoms. The van der Waals surface area contributed by atoms with E-state index in [1.165, 1.54) is 15.0 Å². The van der Waals surface area contributed by atoms with Crippen molar-refractivity contribution in [2.24, 2.45) is 0 Å². The van der Waals surface area contributed by atoms with E-state index in [9.17, 15) is 9.59 Å². The van der Waals surface area contributed by atoms with Gasteiger partial charge in [-0.3, -0.25) is 24.0 Å². The Bertz CT molecular complexity index is 1340. The summed E-state index contributed by atoms with van der Waals surface area (Å²) in [4.78, 5) is 30.3. The smallest absolute Gasteiger partial charge is 0.267 e. The first-order chi connectivity index (χ1) is 13.6. The number of rotatable bonds is 4. The van der Waals surface area contributed by atoms with Crippen molar-refractivity contribution in [1.29, 1.82) is 5.41 Å². The van der Waals surface area contributed by atoms with Crippen molar-refractivity contribution in [1.82, 2.24) is 19.3 Å². The second-order valence-corrected chi connectivity index (χ2v) is 6.16. The highest BCUT2D eigenvalue weighted by Crippen LogP contribution is 2.15. The Hall–Kier alpha value is -4.00. The molecule has 0 unspecified atom stereocenters. The molecule has 1 amide bonds. The van der Waals surface area contributed by atoms with Gasteiger partial charge >= 0.3 is 0 Å². The Kier molecular flexibility index (Phi) is 4.33. The number of carbonyl (C=O) groups excluding carboxylic acids is 1. The van der Waals surface area contributed by atoms with Crippen molar-refractivity contribution in [3.05, 3.63) is 94.9 Å². The predicted octanol–water partition coefficient (Wildman–Crippen LogP) is 2.03. The summed E-state index contributed by atoms with van der Waals surface area (Å²) >= 11 is 0. The zero-order chi connectivity index (χ0) is 19.7. The molecule has 0 spiro atoms. The van der Waals surface area contributed by atoms with Gasteiger partial charge in [0.05, 0.1) is 10.9 Å². The first-order valence-electron chi connectivity index (χ1n) is 8.68. The highest BCUT2D eigenvalue weighted by molar-refractivity contribution is 5.97. The number of fused-ring (bicyclic) bond motifs is 2. The van der Waals surface area contributed by atoms with Gasteiger partial charge in [0.15, 0.2) is 5.65 Å². The molecule has 0 saturated carbocycles. The maximum absolute atomic E-state index is 13.1. The lowest BCUT2D eigenvalue weighted by Gasteiger charge is -2.14. The van der Waals surface area contributed by atoms with E-state index in [0.717, 1.165) is 0 Å². The van der Waals surface area contributed by atoms with Crippen LogP contribution in [-0.4, -0.2) is 26.4 Å². The van der Waals surface area contributed by atoms with E-state index >= 15 is 0 Å². The van der Waals surface area contributed by atoms with E-state index in [2.05, 4.69) is 16.9 Å². The molecule has 0 atom stereocenters. The molecule has 0 saturated heterocycles. The van der Waals surface area contributed by atoms with Gasteiger partial charge in [-0.05, 0) is 30.3 Å². The fourth-order valence-electron chi connectivity index (χ4n) is 3.09. The minimum atomic E-state index is -0.450. The van der Waals surface area contributed by atoms with Gasteiger partial charge in [0.2, 0.25) is 0 Å². The van der Waals surface area contributed by atoms with Crippen molar-refractivity contribution in [2.75, 3.05) is 6.54 Å². The van der Waals surface area contributed by atoms with Gasteiger partial charge in [0, 0.05) is 18.4 Å². The highest BCUT2D eigenvalue weighted by Gasteiger charge is 2.17. The first kappa shape index (κ1) is 17.4. The predicted molar refractivity (Wildman–Crippen MR) is 107 cm³/mol. The lowest BCUT2D eigenvalue weighted by molar-refractivity contribution is 0.0956. The first-order valence-corrected chi connectivity index (χ1v) is 8.68. The van der Waals surface area contributed by atoms with Crippen LogP contribution in [0.15, 0.2) is 78.2 Å². The number of amides is 1. The standard InChI is InChI=1S/C21H17N5O2/c1-2-11-23-20(27)15-13-16-19(24-17-10-6-7-12-25(17)21(16)28)26(18(15)22)14-8-4-3-5-9-14/h2-10,12-13,22H,1,11H2,(H,23,27). The van der Waals surface area contributed by atoms with Crippen LogP contribution < -0.4 is 16.4 Å². The van der Waals surface area contributed by atoms with Crippen LogP contribution in [0.3, 0.4) is 0 Å². The molecular weight excluding hydrogens is 354 g/mol. The normalized spacial score (nSPS) is 10.9. The largest absolute Gasteiger partial charge is 0.348 e. The van der Waals surface area contributed by atoms with E-state index < -0.39 is 5.91 Å². The molecule has 7 nitrogen and oxygen atoms in total. The third-order valence-electron chi connectivity index (χ3n) is 4.39. The van der Waals surface area contributed by atoms with E-state index in [1.54, 1.807) is 42.6 Å². The van der Waals surface area contributed by atoms with Crippen LogP contribution in [0.2, 0.25) is 0 Å². The molecular formula is C21H17N5O2. The summed E-state index contributed by atoms with van der Waals surface area (Å²) in [6.45, 7) is 3.84. The molecule has 0 aliphatic heterocycles. The Labute approximate surface area is 159 Å². The maximum atomic E-state index is 13.1. The molecule has 3 aromatic heterocycles. The number of aromatic nitrogens is 3. The van der Waals surface area contributed by atoms with E-state index in [-0.39, 0.29) is 28.5 Å². The molecule has 7 heteroatoms. The lowest BCUT2D eigenvalue weighted by atomic mass is 10.1. The number of hydrogen-bond donors (Lipinski definition) is 2. The Morgan fingerprint density at radius 2 is 1.93 bits per heavy atom. The quantitative estimate of drug-likeness (QED) is 0.425. The SMILES string of the molecule is C=CCNC(=O)c1cc2c(=O)n3ccccc3nc2n(-c2ccccc2)c1=N. The lowest BCUT2D eigenvalue weighted by Crippen LogP contribution is -2.34. The highest BCUT2D eigenvalue weighted by atomic mass is 16.1. The Morgan fingerprint density at radius 3 is 2.68 bits per heavy atom. The minimum absolute atomic E-state index is 0.0487. The third-order valence-corrected chi connectivity index (χ3v) is 4.39. The van der Waals surface area contributed by atoms with Gasteiger partial charge in [-0.1, -0.05) is 30.3 Å². The number of nitrogens with zero attached hydrogens (tertiary/aromatic N) is 3. The average molecular weight is 371 g/mol.